The third kappa shape index (κ3) is 4.18. The summed E-state index contributed by atoms with van der Waals surface area (Å²) >= 11 is 3.69. The fraction of sp³-hybridized carbons (Fsp3) is 0.100. The molecular weight excluding hydrogens is 527 g/mol. The van der Waals surface area contributed by atoms with E-state index >= 15 is 0 Å². The molecule has 6 aromatic rings. The summed E-state index contributed by atoms with van der Waals surface area (Å²) in [6.07, 6.45) is 3.78. The van der Waals surface area contributed by atoms with E-state index in [2.05, 4.69) is 103 Å². The number of fused-ring (bicyclic) bond motifs is 3. The second-order valence-electron chi connectivity index (χ2n) is 9.41. The molecule has 6 heteroatoms. The maximum atomic E-state index is 5.07. The number of hydrogen-bond donors (Lipinski definition) is 0. The summed E-state index contributed by atoms with van der Waals surface area (Å²) in [6.45, 7) is 0.773. The summed E-state index contributed by atoms with van der Waals surface area (Å²) in [5, 5.41) is 5.96. The van der Waals surface area contributed by atoms with Crippen LogP contribution in [0.4, 0.5) is 0 Å². The van der Waals surface area contributed by atoms with Gasteiger partial charge in [0.2, 0.25) is 0 Å². The molecule has 36 heavy (non-hydrogen) atoms. The van der Waals surface area contributed by atoms with Crippen LogP contribution in [-0.4, -0.2) is 33.3 Å². The molecular formula is C30H25BrN4P+. The smallest absolute Gasteiger partial charge is 0.173 e. The number of aromatic nitrogens is 3. The molecule has 0 radical (unpaired) electrons. The first-order chi connectivity index (χ1) is 17.5. The van der Waals surface area contributed by atoms with Gasteiger partial charge in [0.1, 0.15) is 6.54 Å². The molecule has 0 aliphatic rings. The number of para-hydroxylation sites is 3. The van der Waals surface area contributed by atoms with Crippen molar-refractivity contribution in [1.29, 1.82) is 0 Å². The second kappa shape index (κ2) is 9.33. The summed E-state index contributed by atoms with van der Waals surface area (Å²) < 4.78 is 1.75. The first-order valence-corrected chi connectivity index (χ1v) is 14.0. The standard InChI is InChI=1S/C30H25BrN4P/c1-35(2,20-24-17-16-23-8-3-13-25(31)28(23)34-24)36(26-14-4-9-21-11-6-18-32-29(21)26)27-15-5-10-22-12-7-19-33-30(22)27/h3-19H,20H2,1-2H3/q+1. The normalized spacial score (nSPS) is 12.1. The lowest BCUT2D eigenvalue weighted by molar-refractivity contribution is -0.776. The van der Waals surface area contributed by atoms with Gasteiger partial charge in [0.15, 0.2) is 8.07 Å². The minimum absolute atomic E-state index is 0.726. The van der Waals surface area contributed by atoms with Crippen LogP contribution in [0, 0.1) is 0 Å². The molecule has 0 saturated heterocycles. The van der Waals surface area contributed by atoms with E-state index in [-0.39, 0.29) is 0 Å². The largest absolute Gasteiger partial charge is 0.302 e. The Morgan fingerprint density at radius 2 is 1.17 bits per heavy atom. The second-order valence-corrected chi connectivity index (χ2v) is 12.9. The summed E-state index contributed by atoms with van der Waals surface area (Å²) in [6, 6.07) is 31.9. The van der Waals surface area contributed by atoms with Crippen molar-refractivity contribution in [3.05, 3.63) is 114 Å². The minimum Gasteiger partial charge on any atom is -0.302 e. The molecule has 0 amide bonds. The number of hydrogen-bond acceptors (Lipinski definition) is 3. The Kier molecular flexibility index (Phi) is 6.00. The van der Waals surface area contributed by atoms with Crippen LogP contribution in [0.2, 0.25) is 0 Å². The van der Waals surface area contributed by atoms with E-state index in [9.17, 15) is 0 Å². The first-order valence-electron chi connectivity index (χ1n) is 11.9. The van der Waals surface area contributed by atoms with Crippen LogP contribution in [-0.2, 0) is 6.54 Å². The van der Waals surface area contributed by atoms with Gasteiger partial charge < -0.3 is 4.25 Å². The van der Waals surface area contributed by atoms with Gasteiger partial charge in [-0.05, 0) is 52.3 Å². The molecule has 3 heterocycles. The van der Waals surface area contributed by atoms with Crippen molar-refractivity contribution in [3.8, 4) is 0 Å². The van der Waals surface area contributed by atoms with E-state index < -0.39 is 8.07 Å². The highest BCUT2D eigenvalue weighted by molar-refractivity contribution is 9.10. The van der Waals surface area contributed by atoms with Gasteiger partial charge in [-0.3, -0.25) is 9.97 Å². The molecule has 0 fully saturated rings. The molecule has 6 rings (SSSR count). The van der Waals surface area contributed by atoms with Gasteiger partial charge in [0.05, 0.1) is 46.9 Å². The van der Waals surface area contributed by atoms with E-state index in [1.54, 1.807) is 0 Å². The zero-order chi connectivity index (χ0) is 24.7. The Morgan fingerprint density at radius 3 is 1.78 bits per heavy atom. The highest BCUT2D eigenvalue weighted by Gasteiger charge is 2.37. The van der Waals surface area contributed by atoms with Gasteiger partial charge >= 0.3 is 0 Å². The lowest BCUT2D eigenvalue weighted by atomic mass is 10.2. The highest BCUT2D eigenvalue weighted by Crippen LogP contribution is 2.47. The molecule has 0 N–H and O–H groups in total. The zero-order valence-electron chi connectivity index (χ0n) is 20.1. The first kappa shape index (κ1) is 23.2. The average Bonchev–Trinajstić information content (AvgIpc) is 2.89. The maximum absolute atomic E-state index is 5.07. The monoisotopic (exact) mass is 551 g/mol. The molecule has 0 atom stereocenters. The lowest BCUT2D eigenvalue weighted by Crippen LogP contribution is -2.41. The lowest BCUT2D eigenvalue weighted by Gasteiger charge is -2.37. The summed E-state index contributed by atoms with van der Waals surface area (Å²) in [5.74, 6) is 0. The van der Waals surface area contributed by atoms with Gasteiger partial charge in [-0.25, -0.2) is 4.98 Å². The van der Waals surface area contributed by atoms with Gasteiger partial charge in [-0.15, -0.1) is 0 Å². The molecule has 4 nitrogen and oxygen atoms in total. The van der Waals surface area contributed by atoms with Crippen molar-refractivity contribution in [2.75, 3.05) is 14.1 Å². The van der Waals surface area contributed by atoms with Crippen molar-refractivity contribution in [2.24, 2.45) is 0 Å². The summed E-state index contributed by atoms with van der Waals surface area (Å²) in [4.78, 5) is 14.8. The van der Waals surface area contributed by atoms with Crippen molar-refractivity contribution in [3.63, 3.8) is 0 Å². The Labute approximate surface area is 220 Å². The third-order valence-corrected chi connectivity index (χ3v) is 10.00. The van der Waals surface area contributed by atoms with Crippen LogP contribution in [0.15, 0.2) is 108 Å². The van der Waals surface area contributed by atoms with Crippen LogP contribution >= 0.6 is 24.0 Å². The molecule has 3 aromatic carbocycles. The Bertz CT molecular complexity index is 1640. The fourth-order valence-electron chi connectivity index (χ4n) is 4.94. The number of benzene rings is 3. The number of rotatable bonds is 5. The molecule has 0 aliphatic carbocycles. The quantitative estimate of drug-likeness (QED) is 0.223. The molecule has 0 saturated carbocycles. The fourth-order valence-corrected chi connectivity index (χ4v) is 8.35. The molecule has 3 aromatic heterocycles. The van der Waals surface area contributed by atoms with E-state index in [1.807, 2.05) is 30.6 Å². The topological polar surface area (TPSA) is 38.7 Å². The van der Waals surface area contributed by atoms with Gasteiger partial charge in [0.25, 0.3) is 0 Å². The predicted octanol–water partition coefficient (Wildman–Crippen LogP) is 6.72. The summed E-state index contributed by atoms with van der Waals surface area (Å²) in [7, 11) is 3.71. The van der Waals surface area contributed by atoms with Gasteiger partial charge in [-0.1, -0.05) is 54.6 Å². The number of nitrogens with zero attached hydrogens (tertiary/aromatic N) is 4. The van der Waals surface area contributed by atoms with Crippen LogP contribution in [0.25, 0.3) is 32.7 Å². The van der Waals surface area contributed by atoms with E-state index in [4.69, 9.17) is 15.0 Å². The third-order valence-electron chi connectivity index (χ3n) is 6.50. The Hall–Kier alpha value is -3.24. The predicted molar refractivity (Wildman–Crippen MR) is 155 cm³/mol. The summed E-state index contributed by atoms with van der Waals surface area (Å²) in [5.41, 5.74) is 4.17. The van der Waals surface area contributed by atoms with Crippen molar-refractivity contribution in [1.82, 2.24) is 15.0 Å². The number of halogens is 1. The van der Waals surface area contributed by atoms with Crippen LogP contribution < -0.4 is 10.6 Å². The highest BCUT2D eigenvalue weighted by atomic mass is 79.9. The molecule has 0 aliphatic heterocycles. The van der Waals surface area contributed by atoms with Crippen molar-refractivity contribution >= 4 is 67.3 Å². The van der Waals surface area contributed by atoms with E-state index in [0.29, 0.717) is 0 Å². The van der Waals surface area contributed by atoms with Crippen LogP contribution in [0.3, 0.4) is 0 Å². The molecule has 0 unspecified atom stereocenters. The molecule has 0 bridgehead atoms. The number of quaternary nitrogens is 1. The average molecular weight is 552 g/mol. The SMILES string of the molecule is C[N+](C)(Cc1ccc2cccc(Br)c2n1)P(c1cccc2cccnc12)c1cccc2cccnc12. The zero-order valence-corrected chi connectivity index (χ0v) is 22.6. The maximum Gasteiger partial charge on any atom is 0.173 e. The van der Waals surface area contributed by atoms with Crippen LogP contribution in [0.5, 0.6) is 0 Å². The molecule has 0 spiro atoms. The number of pyridine rings is 3. The minimum atomic E-state index is -0.907. The van der Waals surface area contributed by atoms with Gasteiger partial charge in [-0.2, -0.15) is 0 Å². The van der Waals surface area contributed by atoms with Crippen molar-refractivity contribution in [2.45, 2.75) is 6.54 Å². The Balaban J connectivity index is 1.56. The van der Waals surface area contributed by atoms with Crippen molar-refractivity contribution < 1.29 is 4.25 Å². The van der Waals surface area contributed by atoms with Gasteiger partial charge in [0, 0.05) is 33.0 Å². The van der Waals surface area contributed by atoms with E-state index in [0.717, 1.165) is 53.7 Å². The Morgan fingerprint density at radius 1 is 0.639 bits per heavy atom. The van der Waals surface area contributed by atoms with E-state index in [1.165, 1.54) is 10.6 Å². The molecule has 176 valence electrons. The van der Waals surface area contributed by atoms with Crippen LogP contribution in [0.1, 0.15) is 5.69 Å².